The lowest BCUT2D eigenvalue weighted by atomic mass is 10.1. The van der Waals surface area contributed by atoms with Crippen molar-refractivity contribution in [1.82, 2.24) is 0 Å². The van der Waals surface area contributed by atoms with Gasteiger partial charge in [0.1, 0.15) is 12.1 Å². The summed E-state index contributed by atoms with van der Waals surface area (Å²) in [4.78, 5) is 0. The number of nitrogens with two attached hydrogens (primary N) is 1. The number of rotatable bonds is 0. The molecule has 0 fully saturated rings. The van der Waals surface area contributed by atoms with Crippen LogP contribution < -0.4 is 5.73 Å². The topological polar surface area (TPSA) is 111 Å². The fourth-order valence-corrected chi connectivity index (χ4v) is 0.444. The summed E-state index contributed by atoms with van der Waals surface area (Å²) < 4.78 is 0. The van der Waals surface area contributed by atoms with Crippen LogP contribution in [0.15, 0.2) is 15.4 Å². The van der Waals surface area contributed by atoms with E-state index in [9.17, 15) is 0 Å². The van der Waals surface area contributed by atoms with Crippen LogP contribution in [0.25, 0.3) is 0 Å². The van der Waals surface area contributed by atoms with Crippen LogP contribution in [0, 0.1) is 22.7 Å². The molecule has 0 saturated carbocycles. The molecule has 1 aliphatic rings. The maximum Gasteiger partial charge on any atom is 0.272 e. The van der Waals surface area contributed by atoms with E-state index in [1.807, 2.05) is 0 Å². The Hall–Kier alpha value is -1.79. The second kappa shape index (κ2) is 1.87. The Morgan fingerprint density at radius 3 is 2.60 bits per heavy atom. The van der Waals surface area contributed by atoms with E-state index in [2.05, 4.69) is 15.4 Å². The van der Waals surface area contributed by atoms with Gasteiger partial charge in [0.05, 0.1) is 0 Å². The van der Waals surface area contributed by atoms with E-state index >= 15 is 0 Å². The van der Waals surface area contributed by atoms with Gasteiger partial charge >= 0.3 is 0 Å². The van der Waals surface area contributed by atoms with Crippen molar-refractivity contribution in [3.8, 4) is 12.1 Å². The Balaban J connectivity index is 3.07. The van der Waals surface area contributed by atoms with Crippen LogP contribution in [0.3, 0.4) is 0 Å². The standard InChI is InChI=1S/C4H2N6/c5-1-3-4(7,2-6)9-10-8-3/h7H2. The zero-order valence-corrected chi connectivity index (χ0v) is 4.81. The Morgan fingerprint density at radius 1 is 1.50 bits per heavy atom. The van der Waals surface area contributed by atoms with Crippen molar-refractivity contribution in [3.05, 3.63) is 0 Å². The van der Waals surface area contributed by atoms with Gasteiger partial charge in [-0.25, -0.2) is 0 Å². The molecule has 0 radical (unpaired) electrons. The number of nitriles is 2. The van der Waals surface area contributed by atoms with E-state index in [-0.39, 0.29) is 5.71 Å². The zero-order valence-electron chi connectivity index (χ0n) is 4.81. The third-order valence-electron chi connectivity index (χ3n) is 0.985. The molecule has 0 aromatic rings. The van der Waals surface area contributed by atoms with E-state index in [4.69, 9.17) is 16.3 Å². The Bertz CT molecular complexity index is 288. The van der Waals surface area contributed by atoms with Crippen molar-refractivity contribution in [2.75, 3.05) is 0 Å². The van der Waals surface area contributed by atoms with Gasteiger partial charge in [-0.1, -0.05) is 0 Å². The summed E-state index contributed by atoms with van der Waals surface area (Å²) in [6.45, 7) is 0. The summed E-state index contributed by atoms with van der Waals surface area (Å²) >= 11 is 0. The molecule has 0 aromatic carbocycles. The van der Waals surface area contributed by atoms with Crippen LogP contribution in [0.5, 0.6) is 0 Å². The molecule has 1 atom stereocenters. The summed E-state index contributed by atoms with van der Waals surface area (Å²) in [5.74, 6) is 0. The van der Waals surface area contributed by atoms with Crippen LogP contribution >= 0.6 is 0 Å². The van der Waals surface area contributed by atoms with Crippen LogP contribution in [0.4, 0.5) is 0 Å². The van der Waals surface area contributed by atoms with Gasteiger partial charge in [0.25, 0.3) is 5.66 Å². The molecular formula is C4H2N6. The first-order valence-corrected chi connectivity index (χ1v) is 2.33. The van der Waals surface area contributed by atoms with Crippen LogP contribution in [0.2, 0.25) is 0 Å². The van der Waals surface area contributed by atoms with Crippen molar-refractivity contribution in [3.63, 3.8) is 0 Å². The largest absolute Gasteiger partial charge is 0.288 e. The van der Waals surface area contributed by atoms with Gasteiger partial charge in [-0.05, 0) is 5.22 Å². The molecule has 1 aliphatic heterocycles. The lowest BCUT2D eigenvalue weighted by molar-refractivity contribution is 0.736. The Kier molecular flexibility index (Phi) is 1.18. The highest BCUT2D eigenvalue weighted by Gasteiger charge is 2.35. The predicted octanol–water partition coefficient (Wildman–Crippen LogP) is -0.490. The SMILES string of the molecule is N#CC1=NN=NC1(N)C#N. The third-order valence-corrected chi connectivity index (χ3v) is 0.985. The minimum Gasteiger partial charge on any atom is -0.288 e. The molecule has 0 aromatic heterocycles. The number of hydrogen-bond donors (Lipinski definition) is 1. The van der Waals surface area contributed by atoms with Crippen LogP contribution in [0.1, 0.15) is 0 Å². The fraction of sp³-hybridized carbons (Fsp3) is 0.250. The highest BCUT2D eigenvalue weighted by atomic mass is 15.5. The van der Waals surface area contributed by atoms with Gasteiger partial charge in [0.15, 0.2) is 0 Å². The zero-order chi connectivity index (χ0) is 7.61. The Labute approximate surface area is 56.3 Å². The van der Waals surface area contributed by atoms with Gasteiger partial charge in [-0.15, -0.1) is 10.2 Å². The molecule has 48 valence electrons. The van der Waals surface area contributed by atoms with E-state index in [1.54, 1.807) is 12.1 Å². The summed E-state index contributed by atoms with van der Waals surface area (Å²) in [5, 5.41) is 26.3. The Morgan fingerprint density at radius 2 is 2.20 bits per heavy atom. The highest BCUT2D eigenvalue weighted by Crippen LogP contribution is 2.11. The van der Waals surface area contributed by atoms with Gasteiger partial charge < -0.3 is 0 Å². The number of nitrogens with zero attached hydrogens (tertiary/aromatic N) is 5. The molecule has 0 saturated heterocycles. The second-order valence-corrected chi connectivity index (χ2v) is 1.63. The monoisotopic (exact) mass is 134 g/mol. The molecule has 6 nitrogen and oxygen atoms in total. The molecule has 2 N–H and O–H groups in total. The first kappa shape index (κ1) is 6.33. The van der Waals surface area contributed by atoms with E-state index in [0.29, 0.717) is 0 Å². The first-order chi connectivity index (χ1) is 4.73. The molecule has 1 unspecified atom stereocenters. The van der Waals surface area contributed by atoms with Crippen molar-refractivity contribution >= 4 is 5.71 Å². The van der Waals surface area contributed by atoms with Gasteiger partial charge in [0.2, 0.25) is 5.71 Å². The summed E-state index contributed by atoms with van der Waals surface area (Å²) in [5.41, 5.74) is 3.42. The molecular weight excluding hydrogens is 132 g/mol. The third kappa shape index (κ3) is 0.642. The normalized spacial score (nSPS) is 28.9. The van der Waals surface area contributed by atoms with Crippen molar-refractivity contribution in [2.45, 2.75) is 5.66 Å². The molecule has 1 rings (SSSR count). The van der Waals surface area contributed by atoms with Crippen molar-refractivity contribution < 1.29 is 0 Å². The average Bonchev–Trinajstić information content (AvgIpc) is 2.32. The molecule has 0 amide bonds. The molecule has 1 heterocycles. The van der Waals surface area contributed by atoms with Gasteiger partial charge in [-0.2, -0.15) is 10.5 Å². The molecule has 6 heteroatoms. The second-order valence-electron chi connectivity index (χ2n) is 1.63. The van der Waals surface area contributed by atoms with Crippen molar-refractivity contribution in [2.24, 2.45) is 21.2 Å². The summed E-state index contributed by atoms with van der Waals surface area (Å²) in [7, 11) is 0. The fourth-order valence-electron chi connectivity index (χ4n) is 0.444. The van der Waals surface area contributed by atoms with E-state index < -0.39 is 5.66 Å². The lowest BCUT2D eigenvalue weighted by Crippen LogP contribution is -2.41. The van der Waals surface area contributed by atoms with Crippen LogP contribution in [-0.2, 0) is 0 Å². The first-order valence-electron chi connectivity index (χ1n) is 2.33. The van der Waals surface area contributed by atoms with E-state index in [1.165, 1.54) is 0 Å². The lowest BCUT2D eigenvalue weighted by Gasteiger charge is -2.03. The molecule has 0 spiro atoms. The maximum atomic E-state index is 8.37. The maximum absolute atomic E-state index is 8.37. The minimum atomic E-state index is -1.64. The van der Waals surface area contributed by atoms with E-state index in [0.717, 1.165) is 0 Å². The quantitative estimate of drug-likeness (QED) is 0.482. The minimum absolute atomic E-state index is 0.171. The van der Waals surface area contributed by atoms with Gasteiger partial charge in [0, 0.05) is 0 Å². The predicted molar refractivity (Wildman–Crippen MR) is 30.4 cm³/mol. The van der Waals surface area contributed by atoms with Crippen LogP contribution in [-0.4, -0.2) is 11.4 Å². The molecule has 10 heavy (non-hydrogen) atoms. The van der Waals surface area contributed by atoms with Gasteiger partial charge in [-0.3, -0.25) is 5.73 Å². The highest BCUT2D eigenvalue weighted by molar-refractivity contribution is 6.07. The van der Waals surface area contributed by atoms with Crippen molar-refractivity contribution in [1.29, 1.82) is 10.5 Å². The molecule has 0 bridgehead atoms. The summed E-state index contributed by atoms with van der Waals surface area (Å²) in [6.07, 6.45) is 0. The summed E-state index contributed by atoms with van der Waals surface area (Å²) in [6, 6.07) is 3.23. The number of hydrogen-bond acceptors (Lipinski definition) is 6. The smallest absolute Gasteiger partial charge is 0.272 e. The average molecular weight is 134 g/mol. The molecule has 0 aliphatic carbocycles.